The normalized spacial score (nSPS) is 18.0. The van der Waals surface area contributed by atoms with Gasteiger partial charge in [-0.2, -0.15) is 0 Å². The van der Waals surface area contributed by atoms with Gasteiger partial charge >= 0.3 is 0 Å². The Hall–Kier alpha value is -2.35. The molecular formula is C18H16O2. The maximum absolute atomic E-state index is 12.4. The summed E-state index contributed by atoms with van der Waals surface area (Å²) in [6, 6.07) is 19.3. The van der Waals surface area contributed by atoms with Crippen molar-refractivity contribution >= 4 is 11.5 Å². The Morgan fingerprint density at radius 2 is 1.60 bits per heavy atom. The molecular weight excluding hydrogens is 248 g/mol. The van der Waals surface area contributed by atoms with Crippen molar-refractivity contribution in [3.8, 4) is 0 Å². The fourth-order valence-electron chi connectivity index (χ4n) is 2.39. The van der Waals surface area contributed by atoms with Gasteiger partial charge in [-0.1, -0.05) is 60.7 Å². The molecule has 3 rings (SSSR count). The molecule has 0 aromatic heterocycles. The molecule has 2 aromatic carbocycles. The van der Waals surface area contributed by atoms with Crippen LogP contribution in [0.5, 0.6) is 0 Å². The number of carbonyl (C=O) groups excluding carboxylic acids is 1. The summed E-state index contributed by atoms with van der Waals surface area (Å²) in [6.07, 6.45) is 3.29. The van der Waals surface area contributed by atoms with Crippen LogP contribution in [0.15, 0.2) is 66.7 Å². The predicted molar refractivity (Wildman–Crippen MR) is 79.3 cm³/mol. The van der Waals surface area contributed by atoms with Crippen LogP contribution in [0.25, 0.3) is 5.76 Å². The molecule has 1 aliphatic rings. The van der Waals surface area contributed by atoms with Gasteiger partial charge in [0.2, 0.25) is 5.78 Å². The third-order valence-electron chi connectivity index (χ3n) is 3.44. The van der Waals surface area contributed by atoms with Crippen molar-refractivity contribution in [1.29, 1.82) is 0 Å². The molecule has 0 N–H and O–H groups in total. The van der Waals surface area contributed by atoms with Crippen molar-refractivity contribution in [2.24, 2.45) is 0 Å². The van der Waals surface area contributed by atoms with Crippen LogP contribution in [0.4, 0.5) is 0 Å². The van der Waals surface area contributed by atoms with Crippen molar-refractivity contribution in [3.63, 3.8) is 0 Å². The van der Waals surface area contributed by atoms with Crippen LogP contribution >= 0.6 is 0 Å². The van der Waals surface area contributed by atoms with Crippen molar-refractivity contribution < 1.29 is 9.53 Å². The second kappa shape index (κ2) is 5.74. The van der Waals surface area contributed by atoms with Gasteiger partial charge in [-0.15, -0.1) is 0 Å². The Bertz CT molecular complexity index is 614. The highest BCUT2D eigenvalue weighted by atomic mass is 16.5. The van der Waals surface area contributed by atoms with Crippen LogP contribution in [0.1, 0.15) is 28.8 Å². The number of benzene rings is 2. The van der Waals surface area contributed by atoms with Crippen LogP contribution in [0, 0.1) is 0 Å². The highest BCUT2D eigenvalue weighted by Gasteiger charge is 2.25. The number of carbonyl (C=O) groups is 1. The summed E-state index contributed by atoms with van der Waals surface area (Å²) in [5.41, 5.74) is 1.74. The smallest absolute Gasteiger partial charge is 0.203 e. The van der Waals surface area contributed by atoms with E-state index in [0.717, 1.165) is 24.2 Å². The molecule has 1 aliphatic heterocycles. The lowest BCUT2D eigenvalue weighted by Crippen LogP contribution is -2.26. The van der Waals surface area contributed by atoms with Crippen molar-refractivity contribution in [3.05, 3.63) is 77.9 Å². The fraction of sp³-hybridized carbons (Fsp3) is 0.167. The number of allylic oxidation sites excluding steroid dienone is 1. The van der Waals surface area contributed by atoms with Crippen LogP contribution in [0.3, 0.4) is 0 Å². The van der Waals surface area contributed by atoms with Gasteiger partial charge in [0.05, 0.1) is 0 Å². The highest BCUT2D eigenvalue weighted by Crippen LogP contribution is 2.26. The molecule has 20 heavy (non-hydrogen) atoms. The summed E-state index contributed by atoms with van der Waals surface area (Å²) in [6.45, 7) is 0. The average molecular weight is 264 g/mol. The quantitative estimate of drug-likeness (QED) is 0.780. The largest absolute Gasteiger partial charge is 0.482 e. The van der Waals surface area contributed by atoms with Gasteiger partial charge in [-0.05, 0) is 18.9 Å². The summed E-state index contributed by atoms with van der Waals surface area (Å²) >= 11 is 0. The fourth-order valence-corrected chi connectivity index (χ4v) is 2.39. The first-order valence-corrected chi connectivity index (χ1v) is 6.86. The zero-order chi connectivity index (χ0) is 13.8. The maximum Gasteiger partial charge on any atom is 0.203 e. The minimum atomic E-state index is -0.377. The molecule has 100 valence electrons. The SMILES string of the molecule is O=C(c1ccccc1)C1CCC=C(c2ccccc2)O1. The van der Waals surface area contributed by atoms with E-state index in [1.807, 2.05) is 60.7 Å². The molecule has 0 amide bonds. The van der Waals surface area contributed by atoms with Gasteiger partial charge in [-0.25, -0.2) is 0 Å². The van der Waals surface area contributed by atoms with E-state index in [-0.39, 0.29) is 11.9 Å². The standard InChI is InChI=1S/C18H16O2/c19-18(15-10-5-2-6-11-15)17-13-7-12-16(20-17)14-8-3-1-4-9-14/h1-6,8-12,17H,7,13H2. The van der Waals surface area contributed by atoms with Crippen molar-refractivity contribution in [2.75, 3.05) is 0 Å². The van der Waals surface area contributed by atoms with E-state index in [2.05, 4.69) is 6.08 Å². The Balaban J connectivity index is 1.78. The third kappa shape index (κ3) is 2.64. The number of ether oxygens (including phenoxy) is 1. The number of rotatable bonds is 3. The zero-order valence-corrected chi connectivity index (χ0v) is 11.2. The first kappa shape index (κ1) is 12.7. The van der Waals surface area contributed by atoms with Crippen molar-refractivity contribution in [2.45, 2.75) is 18.9 Å². The van der Waals surface area contributed by atoms with E-state index in [1.165, 1.54) is 0 Å². The van der Waals surface area contributed by atoms with Crippen LogP contribution in [-0.4, -0.2) is 11.9 Å². The minimum Gasteiger partial charge on any atom is -0.482 e. The van der Waals surface area contributed by atoms with Gasteiger partial charge in [0.1, 0.15) is 5.76 Å². The molecule has 0 aliphatic carbocycles. The van der Waals surface area contributed by atoms with Crippen LogP contribution in [-0.2, 0) is 4.74 Å². The number of Topliss-reactive ketones (excluding diaryl/α,β-unsaturated/α-hetero) is 1. The van der Waals surface area contributed by atoms with Gasteiger partial charge < -0.3 is 4.74 Å². The highest BCUT2D eigenvalue weighted by molar-refractivity contribution is 6.00. The molecule has 0 saturated heterocycles. The van der Waals surface area contributed by atoms with E-state index in [1.54, 1.807) is 0 Å². The monoisotopic (exact) mass is 264 g/mol. The van der Waals surface area contributed by atoms with Crippen LogP contribution < -0.4 is 0 Å². The van der Waals surface area contributed by atoms with Gasteiger partial charge in [0.25, 0.3) is 0 Å². The van der Waals surface area contributed by atoms with E-state index in [9.17, 15) is 4.79 Å². The molecule has 0 fully saturated rings. The Labute approximate surface area is 118 Å². The second-order valence-electron chi connectivity index (χ2n) is 4.85. The Kier molecular flexibility index (Phi) is 3.64. The summed E-state index contributed by atoms with van der Waals surface area (Å²) in [4.78, 5) is 12.4. The summed E-state index contributed by atoms with van der Waals surface area (Å²) < 4.78 is 5.90. The molecule has 0 spiro atoms. The average Bonchev–Trinajstić information content (AvgIpc) is 2.56. The maximum atomic E-state index is 12.4. The number of hydrogen-bond donors (Lipinski definition) is 0. The lowest BCUT2D eigenvalue weighted by atomic mass is 9.99. The van der Waals surface area contributed by atoms with E-state index in [4.69, 9.17) is 4.74 Å². The van der Waals surface area contributed by atoms with Gasteiger partial charge in [0.15, 0.2) is 6.10 Å². The second-order valence-corrected chi connectivity index (χ2v) is 4.85. The number of ketones is 1. The zero-order valence-electron chi connectivity index (χ0n) is 11.2. The molecule has 0 bridgehead atoms. The van der Waals surface area contributed by atoms with Gasteiger partial charge in [0, 0.05) is 11.1 Å². The summed E-state index contributed by atoms with van der Waals surface area (Å²) in [5.74, 6) is 0.873. The molecule has 2 aromatic rings. The molecule has 1 heterocycles. The van der Waals surface area contributed by atoms with Crippen molar-refractivity contribution in [1.82, 2.24) is 0 Å². The molecule has 2 nitrogen and oxygen atoms in total. The number of hydrogen-bond acceptors (Lipinski definition) is 2. The van der Waals surface area contributed by atoms with E-state index >= 15 is 0 Å². The van der Waals surface area contributed by atoms with Gasteiger partial charge in [-0.3, -0.25) is 4.79 Å². The molecule has 2 heteroatoms. The predicted octanol–water partition coefficient (Wildman–Crippen LogP) is 4.09. The van der Waals surface area contributed by atoms with E-state index in [0.29, 0.717) is 5.56 Å². The lowest BCUT2D eigenvalue weighted by molar-refractivity contribution is 0.0708. The topological polar surface area (TPSA) is 26.3 Å². The summed E-state index contributed by atoms with van der Waals surface area (Å²) in [7, 11) is 0. The van der Waals surface area contributed by atoms with Crippen LogP contribution in [0.2, 0.25) is 0 Å². The first-order chi connectivity index (χ1) is 9.84. The third-order valence-corrected chi connectivity index (χ3v) is 3.44. The Morgan fingerprint density at radius 3 is 2.30 bits per heavy atom. The Morgan fingerprint density at radius 1 is 0.950 bits per heavy atom. The molecule has 0 radical (unpaired) electrons. The minimum absolute atomic E-state index is 0.0622. The lowest BCUT2D eigenvalue weighted by Gasteiger charge is -2.24. The summed E-state index contributed by atoms with van der Waals surface area (Å²) in [5, 5.41) is 0. The molecule has 1 atom stereocenters. The first-order valence-electron chi connectivity index (χ1n) is 6.86. The van der Waals surface area contributed by atoms with E-state index < -0.39 is 0 Å². The molecule has 0 saturated carbocycles. The molecule has 1 unspecified atom stereocenters.